The summed E-state index contributed by atoms with van der Waals surface area (Å²) in [4.78, 5) is 29.3. The highest BCUT2D eigenvalue weighted by molar-refractivity contribution is 6.49. The Hall–Kier alpha value is -2.62. The fraction of sp³-hybridized carbons (Fsp3) is 0.417. The topological polar surface area (TPSA) is 70.3 Å². The summed E-state index contributed by atoms with van der Waals surface area (Å²) in [7, 11) is 0. The van der Waals surface area contributed by atoms with Crippen LogP contribution in [0.25, 0.3) is 0 Å². The van der Waals surface area contributed by atoms with Crippen LogP contribution in [0.1, 0.15) is 56.9 Å². The maximum Gasteiger partial charge on any atom is 0.190 e. The molecule has 0 spiro atoms. The lowest BCUT2D eigenvalue weighted by atomic mass is 9.77. The van der Waals surface area contributed by atoms with Crippen molar-refractivity contribution in [1.82, 2.24) is 0 Å². The Balaban J connectivity index is 1.50. The van der Waals surface area contributed by atoms with Gasteiger partial charge < -0.3 is 5.41 Å². The van der Waals surface area contributed by atoms with Crippen molar-refractivity contribution >= 4 is 28.7 Å². The third-order valence-electron chi connectivity index (χ3n) is 6.44. The molecule has 144 valence electrons. The highest BCUT2D eigenvalue weighted by atomic mass is 16.1. The number of hydrogen-bond donors (Lipinski definition) is 1. The zero-order valence-electron chi connectivity index (χ0n) is 16.3. The summed E-state index contributed by atoms with van der Waals surface area (Å²) in [6.07, 6.45) is 11.3. The fourth-order valence-corrected chi connectivity index (χ4v) is 4.62. The van der Waals surface area contributed by atoms with Crippen molar-refractivity contribution in [2.24, 2.45) is 16.8 Å². The monoisotopic (exact) mass is 374 g/mol. The zero-order chi connectivity index (χ0) is 19.7. The van der Waals surface area contributed by atoms with Crippen LogP contribution in [0.3, 0.4) is 0 Å². The van der Waals surface area contributed by atoms with Crippen molar-refractivity contribution in [1.29, 1.82) is 5.41 Å². The molecule has 0 bridgehead atoms. The Morgan fingerprint density at radius 2 is 1.75 bits per heavy atom. The van der Waals surface area contributed by atoms with Gasteiger partial charge in [0.05, 0.1) is 17.3 Å². The number of aliphatic imine (C=N–C) groups is 1. The number of fused-ring (bicyclic) bond motifs is 1. The van der Waals surface area contributed by atoms with Gasteiger partial charge in [-0.25, -0.2) is 4.99 Å². The number of allylic oxidation sites excluding steroid dienone is 4. The summed E-state index contributed by atoms with van der Waals surface area (Å²) >= 11 is 0. The maximum atomic E-state index is 12.8. The number of nitrogens with one attached hydrogen (secondary N) is 1. The summed E-state index contributed by atoms with van der Waals surface area (Å²) in [5, 5.41) is 8.02. The molecule has 4 nitrogen and oxygen atoms in total. The molecule has 0 saturated heterocycles. The summed E-state index contributed by atoms with van der Waals surface area (Å²) in [5.41, 5.74) is 3.14. The van der Waals surface area contributed by atoms with Crippen LogP contribution < -0.4 is 0 Å². The largest absolute Gasteiger partial charge is 0.304 e. The second kappa shape index (κ2) is 7.78. The van der Waals surface area contributed by atoms with Gasteiger partial charge in [-0.05, 0) is 67.4 Å². The summed E-state index contributed by atoms with van der Waals surface area (Å²) < 4.78 is 0. The first-order valence-corrected chi connectivity index (χ1v) is 10.3. The Bertz CT molecular complexity index is 897. The second-order valence-electron chi connectivity index (χ2n) is 8.09. The lowest BCUT2D eigenvalue weighted by molar-refractivity contribution is -0.117. The highest BCUT2D eigenvalue weighted by Crippen LogP contribution is 2.37. The van der Waals surface area contributed by atoms with Crippen LogP contribution in [-0.4, -0.2) is 23.0 Å². The number of rotatable bonds is 3. The number of hydrogen-bond acceptors (Lipinski definition) is 4. The molecule has 0 amide bonds. The predicted molar refractivity (Wildman–Crippen MR) is 112 cm³/mol. The van der Waals surface area contributed by atoms with E-state index in [1.165, 1.54) is 49.8 Å². The van der Waals surface area contributed by atoms with E-state index in [0.29, 0.717) is 23.6 Å². The molecule has 1 saturated carbocycles. The molecular formula is C24H26N2O2. The van der Waals surface area contributed by atoms with Crippen molar-refractivity contribution in [2.45, 2.75) is 51.4 Å². The van der Waals surface area contributed by atoms with Gasteiger partial charge in [0, 0.05) is 17.7 Å². The summed E-state index contributed by atoms with van der Waals surface area (Å²) in [6, 6.07) is 8.25. The summed E-state index contributed by atoms with van der Waals surface area (Å²) in [6.45, 7) is 2.28. The first-order chi connectivity index (χ1) is 13.6. The number of carbonyl (C=O) groups is 2. The zero-order valence-corrected chi connectivity index (χ0v) is 16.3. The van der Waals surface area contributed by atoms with Crippen molar-refractivity contribution < 1.29 is 9.59 Å². The van der Waals surface area contributed by atoms with Gasteiger partial charge in [-0.2, -0.15) is 0 Å². The van der Waals surface area contributed by atoms with Crippen LogP contribution in [0.4, 0.5) is 5.69 Å². The van der Waals surface area contributed by atoms with Gasteiger partial charge >= 0.3 is 0 Å². The molecule has 0 aromatic heterocycles. The number of Topliss-reactive ketones (excluding diaryl/α,β-unsaturated/α-hetero) is 1. The van der Waals surface area contributed by atoms with E-state index < -0.39 is 5.92 Å². The van der Waals surface area contributed by atoms with Crippen LogP contribution in [0, 0.1) is 17.2 Å². The minimum absolute atomic E-state index is 0.168. The van der Waals surface area contributed by atoms with Crippen LogP contribution in [-0.2, 0) is 9.59 Å². The van der Waals surface area contributed by atoms with Gasteiger partial charge in [-0.1, -0.05) is 31.6 Å². The molecule has 1 aromatic rings. The summed E-state index contributed by atoms with van der Waals surface area (Å²) in [5.74, 6) is 0.347. The van der Waals surface area contributed by atoms with E-state index in [4.69, 9.17) is 5.41 Å². The average Bonchev–Trinajstić information content (AvgIpc) is 2.73. The van der Waals surface area contributed by atoms with Gasteiger partial charge in [-0.3, -0.25) is 9.59 Å². The molecule has 4 rings (SSSR count). The Morgan fingerprint density at radius 3 is 2.43 bits per heavy atom. The van der Waals surface area contributed by atoms with E-state index in [0.717, 1.165) is 11.6 Å². The Kier molecular flexibility index (Phi) is 5.21. The Labute approximate surface area is 166 Å². The first kappa shape index (κ1) is 18.7. The van der Waals surface area contributed by atoms with E-state index in [2.05, 4.69) is 24.0 Å². The molecule has 0 aliphatic heterocycles. The van der Waals surface area contributed by atoms with Crippen molar-refractivity contribution in [3.8, 4) is 0 Å². The SMILES string of the molecule is CCC1CCC(c2ccc(N=C3CC=C4C(=O)C=CC(=N)C4C3=O)cc2)CC1. The van der Waals surface area contributed by atoms with Crippen molar-refractivity contribution in [3.63, 3.8) is 0 Å². The quantitative estimate of drug-likeness (QED) is 0.798. The standard InChI is InChI=1S/C24H26N2O2/c1-2-15-3-5-16(6-4-15)17-7-9-18(10-8-17)26-21-13-11-19-22(27)14-12-20(25)23(19)24(21)28/h7-12,14-16,23,25H,2-6,13H2,1H3. The molecule has 0 radical (unpaired) electrons. The van der Waals surface area contributed by atoms with Crippen molar-refractivity contribution in [2.75, 3.05) is 0 Å². The number of ketones is 2. The smallest absolute Gasteiger partial charge is 0.190 e. The lowest BCUT2D eigenvalue weighted by Gasteiger charge is -2.28. The van der Waals surface area contributed by atoms with Crippen molar-refractivity contribution in [3.05, 3.63) is 53.6 Å². The number of carbonyl (C=O) groups excluding carboxylic acids is 2. The molecule has 3 aliphatic carbocycles. The molecule has 1 fully saturated rings. The second-order valence-corrected chi connectivity index (χ2v) is 8.09. The lowest BCUT2D eigenvalue weighted by Crippen LogP contribution is -2.37. The number of benzene rings is 1. The van der Waals surface area contributed by atoms with E-state index in [1.807, 2.05) is 12.1 Å². The molecule has 1 atom stereocenters. The molecular weight excluding hydrogens is 348 g/mol. The fourth-order valence-electron chi connectivity index (χ4n) is 4.62. The molecule has 28 heavy (non-hydrogen) atoms. The van der Waals surface area contributed by atoms with Crippen LogP contribution in [0.15, 0.2) is 53.1 Å². The van der Waals surface area contributed by atoms with E-state index in [1.54, 1.807) is 6.08 Å². The first-order valence-electron chi connectivity index (χ1n) is 10.3. The van der Waals surface area contributed by atoms with Crippen LogP contribution >= 0.6 is 0 Å². The van der Waals surface area contributed by atoms with Gasteiger partial charge in [0.1, 0.15) is 0 Å². The minimum atomic E-state index is -0.780. The molecule has 1 N–H and O–H groups in total. The predicted octanol–water partition coefficient (Wildman–Crippen LogP) is 5.12. The molecule has 3 aliphatic rings. The molecule has 0 heterocycles. The minimum Gasteiger partial charge on any atom is -0.304 e. The maximum absolute atomic E-state index is 12.8. The third-order valence-corrected chi connectivity index (χ3v) is 6.44. The van der Waals surface area contributed by atoms with E-state index >= 15 is 0 Å². The van der Waals surface area contributed by atoms with E-state index in [9.17, 15) is 9.59 Å². The Morgan fingerprint density at radius 1 is 1.04 bits per heavy atom. The van der Waals surface area contributed by atoms with Crippen LogP contribution in [0.2, 0.25) is 0 Å². The van der Waals surface area contributed by atoms with Gasteiger partial charge in [0.15, 0.2) is 11.6 Å². The normalized spacial score (nSPS) is 29.0. The van der Waals surface area contributed by atoms with Gasteiger partial charge in [-0.15, -0.1) is 0 Å². The molecule has 4 heteroatoms. The molecule has 1 aromatic carbocycles. The highest BCUT2D eigenvalue weighted by Gasteiger charge is 2.37. The van der Waals surface area contributed by atoms with Gasteiger partial charge in [0.2, 0.25) is 0 Å². The number of nitrogens with zero attached hydrogens (tertiary/aromatic N) is 1. The van der Waals surface area contributed by atoms with Crippen LogP contribution in [0.5, 0.6) is 0 Å². The average molecular weight is 374 g/mol. The molecule has 1 unspecified atom stereocenters. The van der Waals surface area contributed by atoms with E-state index in [-0.39, 0.29) is 17.3 Å². The third kappa shape index (κ3) is 3.56. The van der Waals surface area contributed by atoms with Gasteiger partial charge in [0.25, 0.3) is 0 Å².